The highest BCUT2D eigenvalue weighted by molar-refractivity contribution is 5.90. The van der Waals surface area contributed by atoms with Crippen LogP contribution in [0.25, 0.3) is 0 Å². The van der Waals surface area contributed by atoms with E-state index in [1.165, 1.54) is 18.2 Å². The van der Waals surface area contributed by atoms with Crippen molar-refractivity contribution in [3.05, 3.63) is 24.3 Å². The third-order valence-electron chi connectivity index (χ3n) is 3.42. The summed E-state index contributed by atoms with van der Waals surface area (Å²) in [6.07, 6.45) is 0.978. The molecule has 0 saturated carbocycles. The predicted octanol–water partition coefficient (Wildman–Crippen LogP) is 3.21. The van der Waals surface area contributed by atoms with Crippen LogP contribution in [-0.2, 0) is 0 Å². The number of urea groups is 1. The van der Waals surface area contributed by atoms with E-state index in [1.54, 1.807) is 6.07 Å². The summed E-state index contributed by atoms with van der Waals surface area (Å²) in [6, 6.07) is 5.32. The Morgan fingerprint density at radius 3 is 2.50 bits per heavy atom. The van der Waals surface area contributed by atoms with Gasteiger partial charge < -0.3 is 20.5 Å². The van der Waals surface area contributed by atoms with E-state index in [4.69, 9.17) is 0 Å². The summed E-state index contributed by atoms with van der Waals surface area (Å²) in [6.45, 7) is 1.06. The van der Waals surface area contributed by atoms with Crippen LogP contribution in [0.5, 0.6) is 5.75 Å². The minimum absolute atomic E-state index is 0.0933. The fourth-order valence-corrected chi connectivity index (χ4v) is 2.13. The van der Waals surface area contributed by atoms with E-state index in [9.17, 15) is 18.7 Å². The van der Waals surface area contributed by atoms with E-state index < -0.39 is 18.7 Å². The first-order chi connectivity index (χ1) is 10.5. The van der Waals surface area contributed by atoms with Gasteiger partial charge in [-0.15, -0.1) is 0 Å². The molecule has 7 heteroatoms. The second-order valence-corrected chi connectivity index (χ2v) is 4.85. The zero-order valence-electron chi connectivity index (χ0n) is 12.7. The van der Waals surface area contributed by atoms with Gasteiger partial charge in [0.05, 0.1) is 11.8 Å². The molecule has 1 unspecified atom stereocenters. The highest BCUT2D eigenvalue weighted by Crippen LogP contribution is 2.25. The average Bonchev–Trinajstić information content (AvgIpc) is 2.48. The second kappa shape index (κ2) is 9.19. The van der Waals surface area contributed by atoms with Crippen molar-refractivity contribution in [2.45, 2.75) is 39.4 Å². The Balaban J connectivity index is 2.55. The molecule has 1 atom stereocenters. The zero-order valence-corrected chi connectivity index (χ0v) is 12.7. The molecule has 22 heavy (non-hydrogen) atoms. The van der Waals surface area contributed by atoms with Crippen LogP contribution in [-0.4, -0.2) is 30.4 Å². The minimum Gasteiger partial charge on any atom is -0.433 e. The van der Waals surface area contributed by atoms with Gasteiger partial charge >= 0.3 is 12.6 Å². The van der Waals surface area contributed by atoms with E-state index in [-0.39, 0.29) is 23.9 Å². The van der Waals surface area contributed by atoms with Crippen LogP contribution in [0.3, 0.4) is 0 Å². The monoisotopic (exact) mass is 316 g/mol. The lowest BCUT2D eigenvalue weighted by atomic mass is 9.97. The first-order valence-corrected chi connectivity index (χ1v) is 7.24. The van der Waals surface area contributed by atoms with Gasteiger partial charge in [0.15, 0.2) is 0 Å². The summed E-state index contributed by atoms with van der Waals surface area (Å²) in [4.78, 5) is 11.8. The lowest BCUT2D eigenvalue weighted by Crippen LogP contribution is -2.38. The third-order valence-corrected chi connectivity index (χ3v) is 3.42. The van der Waals surface area contributed by atoms with Crippen molar-refractivity contribution >= 4 is 11.7 Å². The largest absolute Gasteiger partial charge is 0.433 e. The van der Waals surface area contributed by atoms with Crippen molar-refractivity contribution in [2.24, 2.45) is 5.92 Å². The van der Waals surface area contributed by atoms with E-state index in [1.807, 2.05) is 13.8 Å². The molecule has 1 rings (SSSR count). The maximum atomic E-state index is 12.3. The number of nitrogens with one attached hydrogen (secondary N) is 2. The molecule has 0 heterocycles. The van der Waals surface area contributed by atoms with Crippen molar-refractivity contribution in [3.63, 3.8) is 0 Å². The maximum Gasteiger partial charge on any atom is 0.387 e. The molecular weight excluding hydrogens is 294 g/mol. The molecule has 0 fully saturated rings. The number of alkyl halides is 2. The van der Waals surface area contributed by atoms with E-state index in [0.717, 1.165) is 12.8 Å². The molecule has 0 aliphatic heterocycles. The van der Waals surface area contributed by atoms with Gasteiger partial charge in [-0.3, -0.25) is 0 Å². The molecule has 124 valence electrons. The Morgan fingerprint density at radius 2 is 1.91 bits per heavy atom. The average molecular weight is 316 g/mol. The van der Waals surface area contributed by atoms with Crippen LogP contribution in [0.15, 0.2) is 24.3 Å². The van der Waals surface area contributed by atoms with Crippen molar-refractivity contribution in [1.82, 2.24) is 5.32 Å². The lowest BCUT2D eigenvalue weighted by Gasteiger charge is -2.20. The Morgan fingerprint density at radius 1 is 1.27 bits per heavy atom. The molecule has 0 aromatic heterocycles. The maximum absolute atomic E-state index is 12.3. The Bertz CT molecular complexity index is 468. The lowest BCUT2D eigenvalue weighted by molar-refractivity contribution is -0.0493. The number of carbonyl (C=O) groups excluding carboxylic acids is 1. The molecule has 0 aliphatic carbocycles. The van der Waals surface area contributed by atoms with Crippen LogP contribution in [0.1, 0.15) is 26.7 Å². The number of aliphatic hydroxyl groups is 1. The van der Waals surface area contributed by atoms with Crippen LogP contribution in [0.2, 0.25) is 0 Å². The zero-order chi connectivity index (χ0) is 16.5. The number of ether oxygens (including phenoxy) is 1. The number of carbonyl (C=O) groups is 1. The quantitative estimate of drug-likeness (QED) is 0.690. The molecule has 2 amide bonds. The van der Waals surface area contributed by atoms with Gasteiger partial charge in [0.1, 0.15) is 5.75 Å². The van der Waals surface area contributed by atoms with Crippen molar-refractivity contribution in [3.8, 4) is 5.75 Å². The number of anilines is 1. The van der Waals surface area contributed by atoms with Gasteiger partial charge in [-0.05, 0) is 18.1 Å². The number of hydrogen-bond donors (Lipinski definition) is 3. The molecule has 5 nitrogen and oxygen atoms in total. The highest BCUT2D eigenvalue weighted by atomic mass is 19.3. The number of rotatable bonds is 8. The van der Waals surface area contributed by atoms with Gasteiger partial charge in [0.25, 0.3) is 0 Å². The molecule has 3 N–H and O–H groups in total. The van der Waals surface area contributed by atoms with Crippen molar-refractivity contribution in [1.29, 1.82) is 0 Å². The van der Waals surface area contributed by atoms with Crippen LogP contribution in [0, 0.1) is 5.92 Å². The predicted molar refractivity (Wildman–Crippen MR) is 80.2 cm³/mol. The summed E-state index contributed by atoms with van der Waals surface area (Å²) >= 11 is 0. The van der Waals surface area contributed by atoms with Gasteiger partial charge in [0, 0.05) is 6.54 Å². The van der Waals surface area contributed by atoms with Gasteiger partial charge in [-0.2, -0.15) is 8.78 Å². The molecule has 0 bridgehead atoms. The number of para-hydroxylation sites is 2. The standard InChI is InChI=1S/C15H22F2N2O3/c1-3-10(4-2)12(20)9-18-15(21)19-11-7-5-6-8-13(11)22-14(16)17/h5-8,10,12,14,20H,3-4,9H2,1-2H3,(H2,18,19,21). The Kier molecular flexibility index (Phi) is 7.59. The number of aliphatic hydroxyl groups excluding tert-OH is 1. The van der Waals surface area contributed by atoms with E-state index in [2.05, 4.69) is 15.4 Å². The molecular formula is C15H22F2N2O3. The highest BCUT2D eigenvalue weighted by Gasteiger charge is 2.17. The molecule has 0 radical (unpaired) electrons. The summed E-state index contributed by atoms with van der Waals surface area (Å²) in [5.74, 6) is -0.0112. The fourth-order valence-electron chi connectivity index (χ4n) is 2.13. The first-order valence-electron chi connectivity index (χ1n) is 7.24. The number of hydrogen-bond acceptors (Lipinski definition) is 3. The molecule has 0 saturated heterocycles. The van der Waals surface area contributed by atoms with E-state index >= 15 is 0 Å². The topological polar surface area (TPSA) is 70.6 Å². The second-order valence-electron chi connectivity index (χ2n) is 4.85. The molecule has 0 spiro atoms. The van der Waals surface area contributed by atoms with Crippen LogP contribution >= 0.6 is 0 Å². The van der Waals surface area contributed by atoms with Gasteiger partial charge in [0.2, 0.25) is 0 Å². The normalized spacial score (nSPS) is 12.3. The molecule has 1 aromatic rings. The van der Waals surface area contributed by atoms with E-state index in [0.29, 0.717) is 0 Å². The number of halogens is 2. The van der Waals surface area contributed by atoms with Gasteiger partial charge in [-0.25, -0.2) is 4.79 Å². The summed E-state index contributed by atoms with van der Waals surface area (Å²) in [5, 5.41) is 14.9. The first kappa shape index (κ1) is 18.2. The summed E-state index contributed by atoms with van der Waals surface area (Å²) < 4.78 is 28.9. The van der Waals surface area contributed by atoms with Crippen molar-refractivity contribution < 1.29 is 23.4 Å². The smallest absolute Gasteiger partial charge is 0.387 e. The van der Waals surface area contributed by atoms with Crippen LogP contribution in [0.4, 0.5) is 19.3 Å². The van der Waals surface area contributed by atoms with Crippen molar-refractivity contribution in [2.75, 3.05) is 11.9 Å². The number of benzene rings is 1. The summed E-state index contributed by atoms with van der Waals surface area (Å²) in [5.41, 5.74) is 0.136. The fraction of sp³-hybridized carbons (Fsp3) is 0.533. The SMILES string of the molecule is CCC(CC)C(O)CNC(=O)Nc1ccccc1OC(F)F. The Hall–Kier alpha value is -1.89. The molecule has 0 aliphatic rings. The van der Waals surface area contributed by atoms with Gasteiger partial charge in [-0.1, -0.05) is 38.8 Å². The third kappa shape index (κ3) is 5.85. The molecule has 1 aromatic carbocycles. The minimum atomic E-state index is -2.97. The Labute approximate surface area is 128 Å². The number of amides is 2. The summed E-state index contributed by atoms with van der Waals surface area (Å²) in [7, 11) is 0. The van der Waals surface area contributed by atoms with Crippen LogP contribution < -0.4 is 15.4 Å².